The Morgan fingerprint density at radius 3 is 2.36 bits per heavy atom. The smallest absolute Gasteiger partial charge is 0.311 e. The molecule has 0 saturated carbocycles. The first-order chi connectivity index (χ1) is 12.2. The van der Waals surface area contributed by atoms with Gasteiger partial charge in [-0.1, -0.05) is 74.0 Å². The van der Waals surface area contributed by atoms with Crippen LogP contribution in [0, 0.1) is 0 Å². The highest BCUT2D eigenvalue weighted by atomic mass is 31.2. The molecule has 1 aliphatic heterocycles. The van der Waals surface area contributed by atoms with E-state index in [2.05, 4.69) is 36.1 Å². The van der Waals surface area contributed by atoms with Crippen molar-refractivity contribution in [3.05, 3.63) is 71.8 Å². The fourth-order valence-corrected chi connectivity index (χ4v) is 5.52. The number of benzene rings is 2. The van der Waals surface area contributed by atoms with Crippen LogP contribution in [-0.2, 0) is 20.2 Å². The van der Waals surface area contributed by atoms with E-state index in [1.807, 2.05) is 36.4 Å². The summed E-state index contributed by atoms with van der Waals surface area (Å²) in [6.45, 7) is 3.21. The molecule has 0 bridgehead atoms. The predicted molar refractivity (Wildman–Crippen MR) is 100 cm³/mol. The molecule has 3 rings (SSSR count). The molecule has 0 amide bonds. The average Bonchev–Trinajstić information content (AvgIpc) is 2.66. The summed E-state index contributed by atoms with van der Waals surface area (Å²) in [4.78, 5) is 2.31. The van der Waals surface area contributed by atoms with Crippen molar-refractivity contribution in [2.24, 2.45) is 0 Å². The fourth-order valence-electron chi connectivity index (χ4n) is 3.47. The molecule has 1 unspecified atom stereocenters. The molecule has 0 aliphatic carbocycles. The van der Waals surface area contributed by atoms with Crippen LogP contribution in [0.25, 0.3) is 0 Å². The molecule has 0 spiro atoms. The maximum absolute atomic E-state index is 13.2. The number of rotatable bonds is 6. The lowest BCUT2D eigenvalue weighted by Crippen LogP contribution is -2.44. The van der Waals surface area contributed by atoms with Crippen molar-refractivity contribution in [1.29, 1.82) is 0 Å². The van der Waals surface area contributed by atoms with Gasteiger partial charge in [0.25, 0.3) is 0 Å². The molecule has 0 aromatic heterocycles. The molecule has 134 valence electrons. The SMILES string of the molecule is CCC[C@H]1N(Cc2ccccc2)[C@H](c2ccccc2)COP1(=O)OC. The van der Waals surface area contributed by atoms with Gasteiger partial charge in [-0.2, -0.15) is 0 Å². The highest BCUT2D eigenvalue weighted by Gasteiger charge is 2.46. The third-order valence-electron chi connectivity index (χ3n) is 4.75. The van der Waals surface area contributed by atoms with Crippen molar-refractivity contribution in [2.75, 3.05) is 13.7 Å². The second-order valence-corrected chi connectivity index (χ2v) is 8.67. The Bertz CT molecular complexity index is 707. The third-order valence-corrected chi connectivity index (χ3v) is 7.06. The van der Waals surface area contributed by atoms with E-state index in [0.29, 0.717) is 6.61 Å². The third kappa shape index (κ3) is 4.04. The Kier molecular flexibility index (Phi) is 6.08. The van der Waals surface area contributed by atoms with Gasteiger partial charge in [0.15, 0.2) is 0 Å². The summed E-state index contributed by atoms with van der Waals surface area (Å²) >= 11 is 0. The highest BCUT2D eigenvalue weighted by molar-refractivity contribution is 7.54. The monoisotopic (exact) mass is 359 g/mol. The molecular weight excluding hydrogens is 333 g/mol. The second kappa shape index (κ2) is 8.29. The van der Waals surface area contributed by atoms with Gasteiger partial charge in [-0.25, -0.2) is 0 Å². The van der Waals surface area contributed by atoms with Crippen LogP contribution in [0.1, 0.15) is 36.9 Å². The van der Waals surface area contributed by atoms with E-state index in [4.69, 9.17) is 9.05 Å². The lowest BCUT2D eigenvalue weighted by molar-refractivity contribution is 0.0446. The molecule has 0 radical (unpaired) electrons. The molecule has 0 N–H and O–H groups in total. The zero-order valence-electron chi connectivity index (χ0n) is 14.9. The maximum atomic E-state index is 13.2. The van der Waals surface area contributed by atoms with Crippen LogP contribution in [0.4, 0.5) is 0 Å². The molecular formula is C20H26NO3P. The van der Waals surface area contributed by atoms with Crippen LogP contribution in [0.15, 0.2) is 60.7 Å². The molecule has 5 heteroatoms. The Morgan fingerprint density at radius 1 is 1.12 bits per heavy atom. The van der Waals surface area contributed by atoms with Gasteiger partial charge in [-0.15, -0.1) is 0 Å². The van der Waals surface area contributed by atoms with Crippen LogP contribution in [0.3, 0.4) is 0 Å². The van der Waals surface area contributed by atoms with Crippen LogP contribution in [0.5, 0.6) is 0 Å². The van der Waals surface area contributed by atoms with Gasteiger partial charge >= 0.3 is 7.60 Å². The number of hydrogen-bond donors (Lipinski definition) is 0. The van der Waals surface area contributed by atoms with Crippen molar-refractivity contribution in [3.8, 4) is 0 Å². The van der Waals surface area contributed by atoms with Gasteiger partial charge < -0.3 is 9.05 Å². The van der Waals surface area contributed by atoms with Crippen LogP contribution in [0.2, 0.25) is 0 Å². The standard InChI is InChI=1S/C20H26NO3P/c1-3-10-20-21(15-17-11-6-4-7-12-17)19(16-24-25(20,22)23-2)18-13-8-5-9-14-18/h4-9,11-14,19-20H,3,10,15-16H2,1-2H3/t19-,20-,25?/m0/s1. The van der Waals surface area contributed by atoms with Crippen molar-refractivity contribution in [3.63, 3.8) is 0 Å². The van der Waals surface area contributed by atoms with Gasteiger partial charge in [0.2, 0.25) is 0 Å². The van der Waals surface area contributed by atoms with E-state index >= 15 is 0 Å². The Balaban J connectivity index is 1.98. The Morgan fingerprint density at radius 2 is 1.76 bits per heavy atom. The van der Waals surface area contributed by atoms with Gasteiger partial charge in [0.1, 0.15) is 5.78 Å². The average molecular weight is 359 g/mol. The van der Waals surface area contributed by atoms with Crippen molar-refractivity contribution in [1.82, 2.24) is 4.90 Å². The van der Waals surface area contributed by atoms with Gasteiger partial charge in [0.05, 0.1) is 12.6 Å². The Hall–Kier alpha value is -1.45. The summed E-state index contributed by atoms with van der Waals surface area (Å²) in [5, 5.41) is 0. The zero-order chi connectivity index (χ0) is 17.7. The van der Waals surface area contributed by atoms with Crippen LogP contribution >= 0.6 is 7.60 Å². The molecule has 4 nitrogen and oxygen atoms in total. The summed E-state index contributed by atoms with van der Waals surface area (Å²) < 4.78 is 24.4. The van der Waals surface area contributed by atoms with Gasteiger partial charge in [0, 0.05) is 13.7 Å². The molecule has 25 heavy (non-hydrogen) atoms. The minimum Gasteiger partial charge on any atom is -0.311 e. The molecule has 3 atom stereocenters. The first kappa shape index (κ1) is 18.3. The van der Waals surface area contributed by atoms with E-state index in [9.17, 15) is 4.57 Å². The van der Waals surface area contributed by atoms with Crippen molar-refractivity contribution >= 4 is 7.60 Å². The lowest BCUT2D eigenvalue weighted by Gasteiger charge is -2.45. The number of nitrogens with zero attached hydrogens (tertiary/aromatic N) is 1. The summed E-state index contributed by atoms with van der Waals surface area (Å²) in [6, 6.07) is 20.7. The fraction of sp³-hybridized carbons (Fsp3) is 0.400. The quantitative estimate of drug-likeness (QED) is 0.663. The van der Waals surface area contributed by atoms with Crippen LogP contribution < -0.4 is 0 Å². The van der Waals surface area contributed by atoms with E-state index in [-0.39, 0.29) is 11.8 Å². The van der Waals surface area contributed by atoms with Gasteiger partial charge in [-0.3, -0.25) is 9.46 Å². The highest BCUT2D eigenvalue weighted by Crippen LogP contribution is 2.60. The molecule has 1 heterocycles. The Labute approximate surface area is 150 Å². The summed E-state index contributed by atoms with van der Waals surface area (Å²) in [5.41, 5.74) is 2.39. The van der Waals surface area contributed by atoms with E-state index in [1.165, 1.54) is 18.2 Å². The van der Waals surface area contributed by atoms with Crippen molar-refractivity contribution < 1.29 is 13.6 Å². The first-order valence-corrected chi connectivity index (χ1v) is 10.4. The lowest BCUT2D eigenvalue weighted by atomic mass is 10.0. The second-order valence-electron chi connectivity index (χ2n) is 6.37. The topological polar surface area (TPSA) is 38.8 Å². The zero-order valence-corrected chi connectivity index (χ0v) is 15.8. The van der Waals surface area contributed by atoms with Crippen LogP contribution in [-0.4, -0.2) is 24.4 Å². The normalized spacial score (nSPS) is 27.3. The molecule has 2 aromatic carbocycles. The molecule has 1 fully saturated rings. The minimum atomic E-state index is -3.15. The maximum Gasteiger partial charge on any atom is 0.347 e. The number of hydrogen-bond acceptors (Lipinski definition) is 4. The van der Waals surface area contributed by atoms with Gasteiger partial charge in [-0.05, 0) is 17.5 Å². The summed E-state index contributed by atoms with van der Waals surface area (Å²) in [5.74, 6) is -0.235. The predicted octanol–water partition coefficient (Wildman–Crippen LogP) is 5.23. The first-order valence-electron chi connectivity index (χ1n) is 8.82. The van der Waals surface area contributed by atoms with E-state index < -0.39 is 7.60 Å². The molecule has 1 saturated heterocycles. The minimum absolute atomic E-state index is 0.0650. The molecule has 2 aromatic rings. The van der Waals surface area contributed by atoms with Crippen molar-refractivity contribution in [2.45, 2.75) is 38.1 Å². The summed E-state index contributed by atoms with van der Waals surface area (Å²) in [6.07, 6.45) is 1.70. The molecule has 1 aliphatic rings. The van der Waals surface area contributed by atoms with E-state index in [1.54, 1.807) is 0 Å². The summed E-state index contributed by atoms with van der Waals surface area (Å²) in [7, 11) is -1.65. The van der Waals surface area contributed by atoms with E-state index in [0.717, 1.165) is 19.4 Å². The largest absolute Gasteiger partial charge is 0.347 e.